The molecular formula is C12H24O2SSi. The third-order valence-electron chi connectivity index (χ3n) is 4.68. The van der Waals surface area contributed by atoms with Gasteiger partial charge in [0.1, 0.15) is 0 Å². The van der Waals surface area contributed by atoms with Crippen molar-refractivity contribution in [2.24, 2.45) is 0 Å². The molecule has 4 heteroatoms. The molecular weight excluding hydrogens is 236 g/mol. The van der Waals surface area contributed by atoms with Crippen LogP contribution in [0.25, 0.3) is 0 Å². The highest BCUT2D eigenvalue weighted by Gasteiger charge is 2.65. The van der Waals surface area contributed by atoms with Crippen molar-refractivity contribution >= 4 is 20.1 Å². The fourth-order valence-corrected chi connectivity index (χ4v) is 12.3. The Labute approximate surface area is 105 Å². The summed E-state index contributed by atoms with van der Waals surface area (Å²) in [5.41, 5.74) is 1.25. The highest BCUT2D eigenvalue weighted by Crippen LogP contribution is 2.63. The van der Waals surface area contributed by atoms with Crippen LogP contribution in [0, 0.1) is 0 Å². The first-order valence-corrected chi connectivity index (χ1v) is 9.48. The van der Waals surface area contributed by atoms with Crippen molar-refractivity contribution in [2.45, 2.75) is 62.4 Å². The summed E-state index contributed by atoms with van der Waals surface area (Å²) in [6.45, 7) is 12.6. The van der Waals surface area contributed by atoms with Gasteiger partial charge in [0.05, 0.1) is 6.61 Å². The van der Waals surface area contributed by atoms with Crippen molar-refractivity contribution in [2.75, 3.05) is 12.4 Å². The van der Waals surface area contributed by atoms with Crippen molar-refractivity contribution in [3.05, 3.63) is 0 Å². The van der Waals surface area contributed by atoms with Crippen molar-refractivity contribution in [3.8, 4) is 0 Å². The van der Waals surface area contributed by atoms with Gasteiger partial charge in [0.15, 0.2) is 0 Å². The molecule has 2 aliphatic heterocycles. The summed E-state index contributed by atoms with van der Waals surface area (Å²) in [6, 6.07) is 0. The number of hydrogen-bond acceptors (Lipinski definition) is 3. The van der Waals surface area contributed by atoms with Crippen LogP contribution < -0.4 is 0 Å². The van der Waals surface area contributed by atoms with Gasteiger partial charge in [-0.05, 0) is 23.3 Å². The highest BCUT2D eigenvalue weighted by atomic mass is 32.2. The Kier molecular flexibility index (Phi) is 3.48. The minimum absolute atomic E-state index is 0.401. The van der Waals surface area contributed by atoms with E-state index in [2.05, 4.69) is 46.4 Å². The van der Waals surface area contributed by atoms with Gasteiger partial charge >= 0.3 is 0 Å². The molecule has 16 heavy (non-hydrogen) atoms. The van der Waals surface area contributed by atoms with Gasteiger partial charge in [-0.15, -0.1) is 0 Å². The minimum Gasteiger partial charge on any atom is -0.285 e. The molecule has 0 spiro atoms. The molecule has 0 aromatic rings. The van der Waals surface area contributed by atoms with Crippen LogP contribution >= 0.6 is 11.8 Å². The summed E-state index contributed by atoms with van der Waals surface area (Å²) in [7, 11) is -1.83. The van der Waals surface area contributed by atoms with E-state index < -0.39 is 8.32 Å². The zero-order chi connectivity index (χ0) is 12.0. The molecule has 2 rings (SSSR count). The summed E-state index contributed by atoms with van der Waals surface area (Å²) in [5, 5.41) is 1.07. The zero-order valence-corrected chi connectivity index (χ0v) is 12.9. The monoisotopic (exact) mass is 260 g/mol. The Hall–Kier alpha value is 0.487. The highest BCUT2D eigenvalue weighted by molar-refractivity contribution is 8.00. The minimum atomic E-state index is -1.83. The Morgan fingerprint density at radius 2 is 1.88 bits per heavy atom. The maximum Gasteiger partial charge on any atom is 0.251 e. The molecule has 2 nitrogen and oxygen atoms in total. The lowest BCUT2D eigenvalue weighted by Crippen LogP contribution is -2.60. The van der Waals surface area contributed by atoms with Crippen molar-refractivity contribution < 1.29 is 9.46 Å². The number of hydrogen-bond donors (Lipinski definition) is 0. The molecule has 2 aliphatic rings. The fraction of sp³-hybridized carbons (Fsp3) is 1.00. The standard InChI is InChI=1S/C12H24O2SSi/c1-9(2)16(10(3)4)12(5)6-7-15-11(12)8-13-14-16/h9-11H,6-8H2,1-5H3/t11-,12-/m1/s1. The van der Waals surface area contributed by atoms with E-state index in [0.29, 0.717) is 21.4 Å². The number of thioether (sulfide) groups is 1. The second-order valence-electron chi connectivity index (χ2n) is 6.00. The lowest BCUT2D eigenvalue weighted by Gasteiger charge is -2.53. The number of fused-ring (bicyclic) bond motifs is 1. The smallest absolute Gasteiger partial charge is 0.251 e. The summed E-state index contributed by atoms with van der Waals surface area (Å²) in [4.78, 5) is 5.53. The quantitative estimate of drug-likeness (QED) is 0.553. The first-order valence-electron chi connectivity index (χ1n) is 6.37. The van der Waals surface area contributed by atoms with Crippen LogP contribution in [0.2, 0.25) is 16.1 Å². The normalized spacial score (nSPS) is 38.1. The largest absolute Gasteiger partial charge is 0.285 e. The van der Waals surface area contributed by atoms with Gasteiger partial charge in [0.2, 0.25) is 0 Å². The molecule has 0 bridgehead atoms. The van der Waals surface area contributed by atoms with E-state index >= 15 is 0 Å². The SMILES string of the molecule is CC(C)[Si]1(C(C)C)OOC[C@H]2SCC[C@]21C. The van der Waals surface area contributed by atoms with Gasteiger partial charge in [-0.3, -0.25) is 4.58 Å². The Bertz CT molecular complexity index is 262. The van der Waals surface area contributed by atoms with Crippen LogP contribution in [0.3, 0.4) is 0 Å². The second kappa shape index (κ2) is 4.30. The maximum atomic E-state index is 6.03. The van der Waals surface area contributed by atoms with Gasteiger partial charge in [-0.1, -0.05) is 34.6 Å². The van der Waals surface area contributed by atoms with E-state index in [1.807, 2.05) is 0 Å². The third kappa shape index (κ3) is 1.53. The van der Waals surface area contributed by atoms with Crippen molar-refractivity contribution in [1.82, 2.24) is 0 Å². The summed E-state index contributed by atoms with van der Waals surface area (Å²) in [5.74, 6) is 1.28. The van der Waals surface area contributed by atoms with Gasteiger partial charge in [0.25, 0.3) is 8.32 Å². The zero-order valence-electron chi connectivity index (χ0n) is 11.1. The van der Waals surface area contributed by atoms with E-state index in [9.17, 15) is 0 Å². The first kappa shape index (κ1) is 12.9. The average Bonchev–Trinajstić information content (AvgIpc) is 2.57. The van der Waals surface area contributed by atoms with Crippen molar-refractivity contribution in [3.63, 3.8) is 0 Å². The second-order valence-corrected chi connectivity index (χ2v) is 12.5. The molecule has 0 N–H and O–H groups in total. The van der Waals surface area contributed by atoms with Gasteiger partial charge in [-0.25, -0.2) is 4.89 Å². The predicted molar refractivity (Wildman–Crippen MR) is 72.2 cm³/mol. The van der Waals surface area contributed by atoms with Crippen LogP contribution in [0.4, 0.5) is 0 Å². The topological polar surface area (TPSA) is 18.5 Å². The molecule has 0 saturated carbocycles. The van der Waals surface area contributed by atoms with Gasteiger partial charge in [-0.2, -0.15) is 11.8 Å². The number of rotatable bonds is 2. The van der Waals surface area contributed by atoms with E-state index in [1.54, 1.807) is 0 Å². The predicted octanol–water partition coefficient (Wildman–Crippen LogP) is 3.98. The van der Waals surface area contributed by atoms with Gasteiger partial charge < -0.3 is 0 Å². The lowest BCUT2D eigenvalue weighted by molar-refractivity contribution is -0.240. The van der Waals surface area contributed by atoms with E-state index in [1.165, 1.54) is 12.2 Å². The Morgan fingerprint density at radius 3 is 2.44 bits per heavy atom. The molecule has 2 saturated heterocycles. The summed E-state index contributed by atoms with van der Waals surface area (Å²) >= 11 is 2.09. The molecule has 0 aliphatic carbocycles. The molecule has 0 amide bonds. The fourth-order valence-electron chi connectivity index (χ4n) is 3.90. The van der Waals surface area contributed by atoms with Crippen LogP contribution in [0.15, 0.2) is 0 Å². The van der Waals surface area contributed by atoms with Gasteiger partial charge in [0, 0.05) is 10.3 Å². The molecule has 0 aromatic heterocycles. The molecule has 0 aromatic carbocycles. The van der Waals surface area contributed by atoms with E-state index in [0.717, 1.165) is 6.61 Å². The summed E-state index contributed by atoms with van der Waals surface area (Å²) < 4.78 is 6.03. The Morgan fingerprint density at radius 1 is 1.25 bits per heavy atom. The Balaban J connectivity index is 2.42. The third-order valence-corrected chi connectivity index (χ3v) is 12.6. The van der Waals surface area contributed by atoms with Crippen LogP contribution in [0.5, 0.6) is 0 Å². The van der Waals surface area contributed by atoms with E-state index in [-0.39, 0.29) is 0 Å². The van der Waals surface area contributed by atoms with Crippen LogP contribution in [0.1, 0.15) is 41.0 Å². The van der Waals surface area contributed by atoms with Crippen molar-refractivity contribution in [1.29, 1.82) is 0 Å². The molecule has 2 fully saturated rings. The average molecular weight is 260 g/mol. The van der Waals surface area contributed by atoms with E-state index in [4.69, 9.17) is 9.46 Å². The molecule has 2 heterocycles. The maximum absolute atomic E-state index is 6.03. The summed E-state index contributed by atoms with van der Waals surface area (Å²) in [6.07, 6.45) is 1.31. The molecule has 2 atom stereocenters. The lowest BCUT2D eigenvalue weighted by atomic mass is 10.0. The molecule has 0 radical (unpaired) electrons. The van der Waals surface area contributed by atoms with Crippen LogP contribution in [-0.2, 0) is 9.46 Å². The molecule has 94 valence electrons. The first-order chi connectivity index (χ1) is 7.45. The van der Waals surface area contributed by atoms with Crippen LogP contribution in [-0.4, -0.2) is 25.9 Å². The molecule has 0 unspecified atom stereocenters.